The molecule has 0 amide bonds. The Bertz CT molecular complexity index is 1010. The van der Waals surface area contributed by atoms with E-state index < -0.39 is 16.3 Å². The van der Waals surface area contributed by atoms with Crippen molar-refractivity contribution in [2.24, 2.45) is 5.14 Å². The Kier molecular flexibility index (Phi) is 5.31. The molecule has 2 aromatic carbocycles. The molecule has 27 heavy (non-hydrogen) atoms. The second-order valence-corrected chi connectivity index (χ2v) is 7.61. The summed E-state index contributed by atoms with van der Waals surface area (Å²) in [6.45, 7) is 4.05. The van der Waals surface area contributed by atoms with Gasteiger partial charge in [-0.05, 0) is 44.2 Å². The van der Waals surface area contributed by atoms with Crippen molar-refractivity contribution in [3.63, 3.8) is 0 Å². The minimum atomic E-state index is -3.82. The lowest BCUT2D eigenvalue weighted by Gasteiger charge is -2.27. The van der Waals surface area contributed by atoms with Gasteiger partial charge >= 0.3 is 0 Å². The average Bonchev–Trinajstić information content (AvgIpc) is 2.62. The van der Waals surface area contributed by atoms with E-state index in [1.807, 2.05) is 13.0 Å². The van der Waals surface area contributed by atoms with Gasteiger partial charge < -0.3 is 14.8 Å². The van der Waals surface area contributed by atoms with Crippen LogP contribution in [0.5, 0.6) is 5.75 Å². The Morgan fingerprint density at radius 3 is 2.74 bits per heavy atom. The minimum Gasteiger partial charge on any atom is -0.460 e. The second-order valence-electron chi connectivity index (χ2n) is 6.05. The molecule has 2 aromatic rings. The number of aryl methyl sites for hydroxylation is 1. The van der Waals surface area contributed by atoms with E-state index in [4.69, 9.17) is 14.6 Å². The number of carbonyl (C=O) groups is 1. The number of carbonyl (C=O) groups excluding carboxylic acids is 1. The highest BCUT2D eigenvalue weighted by Gasteiger charge is 2.32. The van der Waals surface area contributed by atoms with Gasteiger partial charge in [-0.2, -0.15) is 0 Å². The summed E-state index contributed by atoms with van der Waals surface area (Å²) in [6.07, 6.45) is 0.613. The van der Waals surface area contributed by atoms with Gasteiger partial charge in [-0.25, -0.2) is 13.6 Å². The fourth-order valence-electron chi connectivity index (χ4n) is 2.70. The first-order chi connectivity index (χ1) is 12.8. The number of sulfonamides is 1. The molecule has 0 radical (unpaired) electrons. The molecule has 0 spiro atoms. The van der Waals surface area contributed by atoms with Crippen molar-refractivity contribution >= 4 is 21.5 Å². The van der Waals surface area contributed by atoms with E-state index >= 15 is 0 Å². The molecule has 142 valence electrons. The number of hydrogen-bond donors (Lipinski definition) is 2. The lowest BCUT2D eigenvalue weighted by atomic mass is 9.98. The maximum absolute atomic E-state index is 12.9. The summed E-state index contributed by atoms with van der Waals surface area (Å²) in [7, 11) is -3.82. The molecule has 1 unspecified atom stereocenters. The molecule has 0 fully saturated rings. The zero-order chi connectivity index (χ0) is 19.6. The van der Waals surface area contributed by atoms with Crippen LogP contribution in [-0.2, 0) is 14.8 Å². The molecule has 0 aromatic heterocycles. The van der Waals surface area contributed by atoms with Gasteiger partial charge in [-0.3, -0.25) is 4.79 Å². The molecule has 0 saturated heterocycles. The highest BCUT2D eigenvalue weighted by atomic mass is 32.2. The third kappa shape index (κ3) is 4.19. The highest BCUT2D eigenvalue weighted by Crippen LogP contribution is 2.32. The second kappa shape index (κ2) is 7.51. The van der Waals surface area contributed by atoms with Crippen LogP contribution in [0.2, 0.25) is 0 Å². The largest absolute Gasteiger partial charge is 0.460 e. The van der Waals surface area contributed by atoms with Gasteiger partial charge in [0.05, 0.1) is 16.0 Å². The topological polar surface area (TPSA) is 108 Å². The summed E-state index contributed by atoms with van der Waals surface area (Å²) in [4.78, 5) is 12.9. The van der Waals surface area contributed by atoms with Gasteiger partial charge in [-0.1, -0.05) is 17.7 Å². The van der Waals surface area contributed by atoms with Gasteiger partial charge in [0.25, 0.3) is 0 Å². The molecule has 8 heteroatoms. The average molecular weight is 388 g/mol. The van der Waals surface area contributed by atoms with Crippen LogP contribution in [-0.4, -0.2) is 27.1 Å². The summed E-state index contributed by atoms with van der Waals surface area (Å²) in [5, 5.41) is 8.08. The molecule has 1 aliphatic rings. The van der Waals surface area contributed by atoms with Gasteiger partial charge in [-0.15, -0.1) is 0 Å². The number of Topliss-reactive ketones (excluding diaryl/α,β-unsaturated/α-hetero) is 1. The van der Waals surface area contributed by atoms with Gasteiger partial charge in [0, 0.05) is 18.5 Å². The molecule has 0 bridgehead atoms. The van der Waals surface area contributed by atoms with E-state index in [0.29, 0.717) is 23.6 Å². The lowest BCUT2D eigenvalue weighted by Crippen LogP contribution is -2.33. The smallest absolute Gasteiger partial charge is 0.238 e. The molecule has 3 rings (SSSR count). The maximum Gasteiger partial charge on any atom is 0.238 e. The van der Waals surface area contributed by atoms with Crippen molar-refractivity contribution < 1.29 is 22.7 Å². The van der Waals surface area contributed by atoms with Crippen molar-refractivity contribution in [2.45, 2.75) is 25.0 Å². The van der Waals surface area contributed by atoms with E-state index in [1.54, 1.807) is 31.2 Å². The Morgan fingerprint density at radius 1 is 1.26 bits per heavy atom. The third-order valence-electron chi connectivity index (χ3n) is 4.00. The molecular formula is C19H20N2O5S. The van der Waals surface area contributed by atoms with Crippen molar-refractivity contribution in [1.29, 1.82) is 0 Å². The Balaban J connectivity index is 1.94. The fourth-order valence-corrected chi connectivity index (χ4v) is 3.26. The molecule has 1 aliphatic heterocycles. The molecule has 0 saturated carbocycles. The van der Waals surface area contributed by atoms with E-state index in [9.17, 15) is 13.2 Å². The van der Waals surface area contributed by atoms with Crippen LogP contribution in [0, 0.1) is 6.92 Å². The maximum atomic E-state index is 12.9. The van der Waals surface area contributed by atoms with Crippen molar-refractivity contribution in [1.82, 2.24) is 0 Å². The SMILES string of the molecule is CCOC1Oc2ccc(C)cc2C(=O)/C1=C\Nc1cccc(S(N)(=O)=O)c1. The van der Waals surface area contributed by atoms with Crippen LogP contribution < -0.4 is 15.2 Å². The standard InChI is InChI=1S/C19H20N2O5S/c1-3-25-19-16(18(22)15-9-12(2)7-8-17(15)26-19)11-21-13-5-4-6-14(10-13)27(20,23)24/h4-11,19,21H,3H2,1-2H3,(H2,20,23,24)/b16-11+. The van der Waals surface area contributed by atoms with Crippen LogP contribution in [0.3, 0.4) is 0 Å². The van der Waals surface area contributed by atoms with E-state index in [1.165, 1.54) is 18.3 Å². The Morgan fingerprint density at radius 2 is 2.04 bits per heavy atom. The quantitative estimate of drug-likeness (QED) is 0.762. The first kappa shape index (κ1) is 19.1. The van der Waals surface area contributed by atoms with Crippen molar-refractivity contribution in [3.8, 4) is 5.75 Å². The van der Waals surface area contributed by atoms with E-state index in [-0.39, 0.29) is 16.3 Å². The van der Waals surface area contributed by atoms with Gasteiger partial charge in [0.2, 0.25) is 16.3 Å². The van der Waals surface area contributed by atoms with Gasteiger partial charge in [0.15, 0.2) is 5.78 Å². The first-order valence-electron chi connectivity index (χ1n) is 8.32. The normalized spacial score (nSPS) is 18.1. The molecule has 1 heterocycles. The van der Waals surface area contributed by atoms with Crippen LogP contribution in [0.4, 0.5) is 5.69 Å². The van der Waals surface area contributed by atoms with E-state index in [0.717, 1.165) is 5.56 Å². The lowest BCUT2D eigenvalue weighted by molar-refractivity contribution is -0.0509. The number of benzene rings is 2. The summed E-state index contributed by atoms with van der Waals surface area (Å²) < 4.78 is 34.3. The number of ether oxygens (including phenoxy) is 2. The number of nitrogens with one attached hydrogen (secondary N) is 1. The monoisotopic (exact) mass is 388 g/mol. The van der Waals surface area contributed by atoms with Crippen LogP contribution in [0.15, 0.2) is 59.1 Å². The molecular weight excluding hydrogens is 368 g/mol. The molecule has 0 aliphatic carbocycles. The van der Waals surface area contributed by atoms with Crippen LogP contribution >= 0.6 is 0 Å². The zero-order valence-electron chi connectivity index (χ0n) is 14.9. The summed E-state index contributed by atoms with van der Waals surface area (Å²) in [6, 6.07) is 11.4. The summed E-state index contributed by atoms with van der Waals surface area (Å²) >= 11 is 0. The van der Waals surface area contributed by atoms with Crippen molar-refractivity contribution in [3.05, 3.63) is 65.4 Å². The van der Waals surface area contributed by atoms with E-state index in [2.05, 4.69) is 5.32 Å². The Labute approximate surface area is 157 Å². The van der Waals surface area contributed by atoms with Crippen LogP contribution in [0.1, 0.15) is 22.8 Å². The number of fused-ring (bicyclic) bond motifs is 1. The summed E-state index contributed by atoms with van der Waals surface area (Å²) in [5.74, 6) is 0.255. The number of ketones is 1. The predicted molar refractivity (Wildman–Crippen MR) is 101 cm³/mol. The minimum absolute atomic E-state index is 0.0283. The number of nitrogens with two attached hydrogens (primary N) is 1. The number of rotatable bonds is 5. The Hall–Kier alpha value is -2.68. The molecule has 7 nitrogen and oxygen atoms in total. The third-order valence-corrected chi connectivity index (χ3v) is 4.92. The number of anilines is 1. The molecule has 3 N–H and O–H groups in total. The zero-order valence-corrected chi connectivity index (χ0v) is 15.7. The fraction of sp³-hybridized carbons (Fsp3) is 0.211. The number of hydrogen-bond acceptors (Lipinski definition) is 6. The predicted octanol–water partition coefficient (Wildman–Crippen LogP) is 2.58. The van der Waals surface area contributed by atoms with Gasteiger partial charge in [0.1, 0.15) is 5.75 Å². The number of primary sulfonamides is 1. The highest BCUT2D eigenvalue weighted by molar-refractivity contribution is 7.89. The molecule has 1 atom stereocenters. The summed E-state index contributed by atoms with van der Waals surface area (Å²) in [5.41, 5.74) is 2.15. The van der Waals surface area contributed by atoms with Crippen LogP contribution in [0.25, 0.3) is 0 Å². The van der Waals surface area contributed by atoms with Crippen molar-refractivity contribution in [2.75, 3.05) is 11.9 Å². The first-order valence-corrected chi connectivity index (χ1v) is 9.87.